The number of thioether (sulfide) groups is 1. The largest absolute Gasteiger partial charge is 0.395 e. The zero-order valence-corrected chi connectivity index (χ0v) is 11.3. The molecular formula is C12H27NOS. The molecule has 0 spiro atoms. The highest BCUT2D eigenvalue weighted by Crippen LogP contribution is 2.07. The average molecular weight is 233 g/mol. The highest BCUT2D eigenvalue weighted by molar-refractivity contribution is 7.98. The van der Waals surface area contributed by atoms with Gasteiger partial charge in [0, 0.05) is 12.1 Å². The van der Waals surface area contributed by atoms with Crippen LogP contribution >= 0.6 is 11.8 Å². The molecule has 0 aliphatic rings. The normalized spacial score (nSPS) is 15.2. The predicted octanol–water partition coefficient (Wildman–Crippen LogP) is 2.66. The van der Waals surface area contributed by atoms with E-state index in [1.165, 1.54) is 19.3 Å². The highest BCUT2D eigenvalue weighted by atomic mass is 32.2. The van der Waals surface area contributed by atoms with Crippen molar-refractivity contribution in [2.24, 2.45) is 0 Å². The number of aliphatic hydroxyl groups is 1. The van der Waals surface area contributed by atoms with Crippen LogP contribution in [0.15, 0.2) is 0 Å². The van der Waals surface area contributed by atoms with Gasteiger partial charge >= 0.3 is 0 Å². The van der Waals surface area contributed by atoms with Gasteiger partial charge in [0.15, 0.2) is 0 Å². The summed E-state index contributed by atoms with van der Waals surface area (Å²) in [5.41, 5.74) is 0. The van der Waals surface area contributed by atoms with E-state index in [4.69, 9.17) is 0 Å². The van der Waals surface area contributed by atoms with E-state index in [0.717, 1.165) is 18.6 Å². The lowest BCUT2D eigenvalue weighted by atomic mass is 10.1. The van der Waals surface area contributed by atoms with Crippen LogP contribution in [0.5, 0.6) is 0 Å². The highest BCUT2D eigenvalue weighted by Gasteiger charge is 2.12. The minimum Gasteiger partial charge on any atom is -0.395 e. The van der Waals surface area contributed by atoms with E-state index in [0.29, 0.717) is 12.1 Å². The minimum atomic E-state index is 0.267. The van der Waals surface area contributed by atoms with Crippen molar-refractivity contribution in [3.8, 4) is 0 Å². The molecule has 92 valence electrons. The molecule has 0 radical (unpaired) electrons. The molecule has 2 nitrogen and oxygen atoms in total. The Balaban J connectivity index is 3.77. The van der Waals surface area contributed by atoms with Gasteiger partial charge in [0.25, 0.3) is 0 Å². The summed E-state index contributed by atoms with van der Waals surface area (Å²) in [6, 6.07) is 0.878. The Morgan fingerprint density at radius 2 is 1.93 bits per heavy atom. The summed E-state index contributed by atoms with van der Waals surface area (Å²) in [4.78, 5) is 0. The predicted molar refractivity (Wildman–Crippen MR) is 70.6 cm³/mol. The second kappa shape index (κ2) is 10.8. The summed E-state index contributed by atoms with van der Waals surface area (Å²) >= 11 is 1.85. The summed E-state index contributed by atoms with van der Waals surface area (Å²) in [7, 11) is 0. The van der Waals surface area contributed by atoms with E-state index in [9.17, 15) is 5.11 Å². The van der Waals surface area contributed by atoms with Crippen LogP contribution in [0.1, 0.15) is 46.0 Å². The second-order valence-electron chi connectivity index (χ2n) is 4.08. The number of aliphatic hydroxyl groups excluding tert-OH is 1. The quantitative estimate of drug-likeness (QED) is 0.608. The molecule has 0 heterocycles. The van der Waals surface area contributed by atoms with E-state index in [-0.39, 0.29) is 6.61 Å². The van der Waals surface area contributed by atoms with Crippen molar-refractivity contribution >= 4 is 11.8 Å². The van der Waals surface area contributed by atoms with E-state index >= 15 is 0 Å². The van der Waals surface area contributed by atoms with Crippen molar-refractivity contribution in [3.63, 3.8) is 0 Å². The maximum atomic E-state index is 9.25. The summed E-state index contributed by atoms with van der Waals surface area (Å²) in [6.07, 6.45) is 8.13. The standard InChI is InChI=1S/C12H27NOS/c1-4-6-7-11(5-2)13-12(10-14)8-9-15-3/h11-14H,4-10H2,1-3H3. The first-order valence-electron chi connectivity index (χ1n) is 6.14. The lowest BCUT2D eigenvalue weighted by Crippen LogP contribution is -2.40. The van der Waals surface area contributed by atoms with Crippen molar-refractivity contribution in [1.29, 1.82) is 0 Å². The van der Waals surface area contributed by atoms with Gasteiger partial charge in [0.05, 0.1) is 6.61 Å². The third kappa shape index (κ3) is 8.12. The minimum absolute atomic E-state index is 0.267. The SMILES string of the molecule is CCCCC(CC)NC(CO)CCSC. The molecule has 0 saturated heterocycles. The van der Waals surface area contributed by atoms with Crippen molar-refractivity contribution in [2.45, 2.75) is 58.0 Å². The molecule has 15 heavy (non-hydrogen) atoms. The van der Waals surface area contributed by atoms with Crippen LogP contribution in [-0.4, -0.2) is 35.8 Å². The third-order valence-corrected chi connectivity index (χ3v) is 3.41. The molecule has 0 rings (SSSR count). The first kappa shape index (κ1) is 15.3. The maximum absolute atomic E-state index is 9.25. The van der Waals surface area contributed by atoms with Gasteiger partial charge in [-0.3, -0.25) is 0 Å². The Kier molecular flexibility index (Phi) is 11.0. The zero-order valence-electron chi connectivity index (χ0n) is 10.5. The Morgan fingerprint density at radius 3 is 2.40 bits per heavy atom. The molecule has 0 aliphatic heterocycles. The van der Waals surface area contributed by atoms with Gasteiger partial charge in [-0.1, -0.05) is 26.7 Å². The maximum Gasteiger partial charge on any atom is 0.0585 e. The molecule has 0 aliphatic carbocycles. The average Bonchev–Trinajstić information content (AvgIpc) is 2.28. The first-order valence-corrected chi connectivity index (χ1v) is 7.53. The monoisotopic (exact) mass is 233 g/mol. The number of rotatable bonds is 10. The van der Waals surface area contributed by atoms with Crippen molar-refractivity contribution in [3.05, 3.63) is 0 Å². The molecule has 0 amide bonds. The van der Waals surface area contributed by atoms with E-state index in [1.807, 2.05) is 11.8 Å². The summed E-state index contributed by atoms with van der Waals surface area (Å²) < 4.78 is 0. The first-order chi connectivity index (χ1) is 7.28. The number of hydrogen-bond donors (Lipinski definition) is 2. The number of unbranched alkanes of at least 4 members (excludes halogenated alkanes) is 1. The van der Waals surface area contributed by atoms with Gasteiger partial charge in [0.2, 0.25) is 0 Å². The Labute approximate surface area is 99.2 Å². The van der Waals surface area contributed by atoms with Crippen LogP contribution in [0.2, 0.25) is 0 Å². The smallest absolute Gasteiger partial charge is 0.0585 e. The fourth-order valence-electron chi connectivity index (χ4n) is 1.68. The molecule has 0 fully saturated rings. The molecule has 0 aromatic carbocycles. The fraction of sp³-hybridized carbons (Fsp3) is 1.00. The van der Waals surface area contributed by atoms with Crippen molar-refractivity contribution in [2.75, 3.05) is 18.6 Å². The van der Waals surface area contributed by atoms with Gasteiger partial charge in [0.1, 0.15) is 0 Å². The van der Waals surface area contributed by atoms with Crippen LogP contribution in [0.4, 0.5) is 0 Å². The van der Waals surface area contributed by atoms with Gasteiger partial charge < -0.3 is 10.4 Å². The molecular weight excluding hydrogens is 206 g/mol. The molecule has 2 atom stereocenters. The van der Waals surface area contributed by atoms with Crippen LogP contribution in [-0.2, 0) is 0 Å². The molecule has 0 bridgehead atoms. The van der Waals surface area contributed by atoms with Gasteiger partial charge in [-0.15, -0.1) is 0 Å². The topological polar surface area (TPSA) is 32.3 Å². The van der Waals surface area contributed by atoms with Crippen molar-refractivity contribution < 1.29 is 5.11 Å². The lowest BCUT2D eigenvalue weighted by Gasteiger charge is -2.23. The van der Waals surface area contributed by atoms with Gasteiger partial charge in [-0.05, 0) is 31.3 Å². The van der Waals surface area contributed by atoms with Crippen LogP contribution < -0.4 is 5.32 Å². The molecule has 2 N–H and O–H groups in total. The molecule has 0 aromatic rings. The van der Waals surface area contributed by atoms with Crippen molar-refractivity contribution in [1.82, 2.24) is 5.32 Å². The number of nitrogens with one attached hydrogen (secondary N) is 1. The molecule has 3 heteroatoms. The second-order valence-corrected chi connectivity index (χ2v) is 5.06. The zero-order chi connectivity index (χ0) is 11.5. The summed E-state index contributed by atoms with van der Waals surface area (Å²) in [6.45, 7) is 4.71. The van der Waals surface area contributed by atoms with E-state index < -0.39 is 0 Å². The van der Waals surface area contributed by atoms with Gasteiger partial charge in [-0.2, -0.15) is 11.8 Å². The molecule has 0 saturated carbocycles. The molecule has 2 unspecified atom stereocenters. The Bertz CT molecular complexity index is 119. The van der Waals surface area contributed by atoms with Crippen LogP contribution in [0.25, 0.3) is 0 Å². The third-order valence-electron chi connectivity index (χ3n) is 2.76. The van der Waals surface area contributed by atoms with Crippen LogP contribution in [0.3, 0.4) is 0 Å². The lowest BCUT2D eigenvalue weighted by molar-refractivity contribution is 0.223. The Hall–Kier alpha value is 0.270. The summed E-state index contributed by atoms with van der Waals surface area (Å²) in [5.74, 6) is 1.13. The van der Waals surface area contributed by atoms with Gasteiger partial charge in [-0.25, -0.2) is 0 Å². The molecule has 0 aromatic heterocycles. The summed E-state index contributed by atoms with van der Waals surface area (Å²) in [5, 5.41) is 12.8. The van der Waals surface area contributed by atoms with E-state index in [1.54, 1.807) is 0 Å². The fourth-order valence-corrected chi connectivity index (χ4v) is 2.20. The van der Waals surface area contributed by atoms with Crippen LogP contribution in [0, 0.1) is 0 Å². The van der Waals surface area contributed by atoms with E-state index in [2.05, 4.69) is 25.4 Å². The Morgan fingerprint density at radius 1 is 1.20 bits per heavy atom. The number of hydrogen-bond acceptors (Lipinski definition) is 3.